The van der Waals surface area contributed by atoms with E-state index in [1.165, 1.54) is 16.9 Å². The fourth-order valence-corrected chi connectivity index (χ4v) is 4.13. The summed E-state index contributed by atoms with van der Waals surface area (Å²) in [6, 6.07) is 9.80. The molecule has 0 fully saturated rings. The summed E-state index contributed by atoms with van der Waals surface area (Å²) in [5, 5.41) is 5.18. The molecule has 1 radical (unpaired) electrons. The summed E-state index contributed by atoms with van der Waals surface area (Å²) >= 11 is 1.45. The zero-order chi connectivity index (χ0) is 18.8. The van der Waals surface area contributed by atoms with Crippen molar-refractivity contribution in [1.82, 2.24) is 0 Å². The van der Waals surface area contributed by atoms with Crippen LogP contribution in [0.2, 0.25) is 0 Å². The number of allylic oxidation sites excluding steroid dienone is 1. The van der Waals surface area contributed by atoms with Gasteiger partial charge in [-0.25, -0.2) is 0 Å². The van der Waals surface area contributed by atoms with Crippen LogP contribution < -0.4 is 15.6 Å². The van der Waals surface area contributed by atoms with Crippen LogP contribution in [0.25, 0.3) is 21.4 Å². The van der Waals surface area contributed by atoms with Gasteiger partial charge in [-0.3, -0.25) is 4.79 Å². The Labute approximate surface area is 163 Å². The van der Waals surface area contributed by atoms with E-state index in [2.05, 4.69) is 35.7 Å². The molecule has 1 N–H and O–H groups in total. The Kier molecular flexibility index (Phi) is 5.03. The molecule has 27 heavy (non-hydrogen) atoms. The number of hydrogen-bond donors (Lipinski definition) is 1. The van der Waals surface area contributed by atoms with E-state index < -0.39 is 0 Å². The lowest BCUT2D eigenvalue weighted by Crippen LogP contribution is -2.26. The minimum atomic E-state index is 0.0329. The van der Waals surface area contributed by atoms with Crippen LogP contribution in [0.4, 0.5) is 11.6 Å². The standard InChI is InChI=1S/C22H23N2O2S/c1-3-10-24(11-9-15-7-8-15)20-13-19(25)22-21(26-20)18(14-27-22)16-5-4-6-17(12-16)23-2/h4-8,12-14,23H,3,9-11H2,1-2H3. The lowest BCUT2D eigenvalue weighted by molar-refractivity contribution is 0.567. The van der Waals surface area contributed by atoms with Gasteiger partial charge in [-0.1, -0.05) is 30.7 Å². The van der Waals surface area contributed by atoms with Crippen LogP contribution in [-0.4, -0.2) is 20.1 Å². The number of rotatable bonds is 8. The van der Waals surface area contributed by atoms with E-state index in [0.717, 1.165) is 42.7 Å². The minimum Gasteiger partial charge on any atom is -0.439 e. The van der Waals surface area contributed by atoms with Crippen molar-refractivity contribution in [3.8, 4) is 11.1 Å². The average Bonchev–Trinajstić information content (AvgIpc) is 3.42. The van der Waals surface area contributed by atoms with Crippen molar-refractivity contribution in [3.05, 3.63) is 64.0 Å². The minimum absolute atomic E-state index is 0.0329. The quantitative estimate of drug-likeness (QED) is 0.576. The molecular weight excluding hydrogens is 356 g/mol. The van der Waals surface area contributed by atoms with Crippen LogP contribution in [0, 0.1) is 6.42 Å². The Bertz CT molecular complexity index is 1050. The van der Waals surface area contributed by atoms with Gasteiger partial charge in [0.05, 0.1) is 0 Å². The molecule has 0 saturated carbocycles. The van der Waals surface area contributed by atoms with E-state index in [9.17, 15) is 4.79 Å². The highest BCUT2D eigenvalue weighted by molar-refractivity contribution is 7.17. The molecule has 0 amide bonds. The highest BCUT2D eigenvalue weighted by Crippen LogP contribution is 2.35. The number of anilines is 2. The predicted molar refractivity (Wildman–Crippen MR) is 115 cm³/mol. The van der Waals surface area contributed by atoms with Gasteiger partial charge in [0.15, 0.2) is 11.5 Å². The molecule has 1 aliphatic carbocycles. The summed E-state index contributed by atoms with van der Waals surface area (Å²) in [6.07, 6.45) is 6.26. The van der Waals surface area contributed by atoms with Crippen molar-refractivity contribution in [1.29, 1.82) is 0 Å². The molecule has 0 spiro atoms. The van der Waals surface area contributed by atoms with Crippen LogP contribution in [-0.2, 0) is 0 Å². The third kappa shape index (κ3) is 3.78. The molecule has 139 valence electrons. The zero-order valence-corrected chi connectivity index (χ0v) is 16.4. The molecule has 0 unspecified atom stereocenters. The summed E-state index contributed by atoms with van der Waals surface area (Å²) in [5.74, 6) is 0.667. The third-order valence-corrected chi connectivity index (χ3v) is 5.75. The SMILES string of the molecule is CCCN(CCC1=C[CH]1)c1cc(=O)c2scc(-c3cccc(NC)c3)c2o1. The Morgan fingerprint density at radius 3 is 2.81 bits per heavy atom. The first-order valence-corrected chi connectivity index (χ1v) is 10.2. The zero-order valence-electron chi connectivity index (χ0n) is 15.6. The second-order valence-corrected chi connectivity index (χ2v) is 7.61. The number of benzene rings is 1. The number of hydrogen-bond acceptors (Lipinski definition) is 5. The first-order valence-electron chi connectivity index (χ1n) is 9.32. The van der Waals surface area contributed by atoms with Gasteiger partial charge in [-0.05, 0) is 30.5 Å². The first-order chi connectivity index (χ1) is 13.2. The first kappa shape index (κ1) is 17.9. The topological polar surface area (TPSA) is 45.5 Å². The maximum Gasteiger partial charge on any atom is 0.204 e. The van der Waals surface area contributed by atoms with Gasteiger partial charge in [0.2, 0.25) is 5.43 Å². The highest BCUT2D eigenvalue weighted by atomic mass is 32.1. The van der Waals surface area contributed by atoms with Gasteiger partial charge in [0.1, 0.15) is 4.70 Å². The maximum absolute atomic E-state index is 12.7. The molecule has 1 aliphatic rings. The highest BCUT2D eigenvalue weighted by Gasteiger charge is 2.18. The third-order valence-electron chi connectivity index (χ3n) is 4.77. The number of nitrogens with one attached hydrogen (secondary N) is 1. The van der Waals surface area contributed by atoms with Crippen LogP contribution >= 0.6 is 11.3 Å². The average molecular weight is 380 g/mol. The van der Waals surface area contributed by atoms with E-state index in [4.69, 9.17) is 4.42 Å². The summed E-state index contributed by atoms with van der Waals surface area (Å²) in [5.41, 5.74) is 5.15. The van der Waals surface area contributed by atoms with Crippen LogP contribution in [0.15, 0.2) is 56.6 Å². The monoisotopic (exact) mass is 379 g/mol. The van der Waals surface area contributed by atoms with Crippen molar-refractivity contribution in [2.24, 2.45) is 0 Å². The van der Waals surface area contributed by atoms with Crippen molar-refractivity contribution < 1.29 is 4.42 Å². The number of thiophene rings is 1. The van der Waals surface area contributed by atoms with Gasteiger partial charge in [0, 0.05) is 49.3 Å². The molecule has 2 aromatic heterocycles. The summed E-state index contributed by atoms with van der Waals surface area (Å²) in [7, 11) is 1.90. The molecule has 2 heterocycles. The second kappa shape index (κ2) is 7.61. The molecule has 0 bridgehead atoms. The van der Waals surface area contributed by atoms with E-state index >= 15 is 0 Å². The van der Waals surface area contributed by atoms with E-state index in [0.29, 0.717) is 16.2 Å². The molecule has 0 aliphatic heterocycles. The molecule has 3 aromatic rings. The fourth-order valence-electron chi connectivity index (χ4n) is 3.22. The van der Waals surface area contributed by atoms with E-state index in [1.54, 1.807) is 6.07 Å². The van der Waals surface area contributed by atoms with Crippen LogP contribution in [0.3, 0.4) is 0 Å². The van der Waals surface area contributed by atoms with E-state index in [1.807, 2.05) is 30.6 Å². The Balaban J connectivity index is 1.76. The predicted octanol–water partition coefficient (Wildman–Crippen LogP) is 5.31. The molecular formula is C22H23N2O2S. The lowest BCUT2D eigenvalue weighted by Gasteiger charge is -2.22. The molecule has 0 saturated heterocycles. The maximum atomic E-state index is 12.7. The van der Waals surface area contributed by atoms with Gasteiger partial charge >= 0.3 is 0 Å². The van der Waals surface area contributed by atoms with Gasteiger partial charge in [-0.2, -0.15) is 0 Å². The Morgan fingerprint density at radius 2 is 2.07 bits per heavy atom. The van der Waals surface area contributed by atoms with Gasteiger partial charge in [-0.15, -0.1) is 11.3 Å². The molecule has 0 atom stereocenters. The molecule has 5 heteroatoms. The summed E-state index contributed by atoms with van der Waals surface area (Å²) in [4.78, 5) is 14.9. The van der Waals surface area contributed by atoms with E-state index in [-0.39, 0.29) is 5.43 Å². The van der Waals surface area contributed by atoms with Crippen molar-refractivity contribution in [3.63, 3.8) is 0 Å². The number of fused-ring (bicyclic) bond motifs is 1. The smallest absolute Gasteiger partial charge is 0.204 e. The summed E-state index contributed by atoms with van der Waals surface area (Å²) < 4.78 is 6.97. The fraction of sp³-hybridized carbons (Fsp3) is 0.273. The second-order valence-electron chi connectivity index (χ2n) is 6.73. The van der Waals surface area contributed by atoms with Crippen LogP contribution in [0.5, 0.6) is 0 Å². The summed E-state index contributed by atoms with van der Waals surface area (Å²) in [6.45, 7) is 3.88. The van der Waals surface area contributed by atoms with Crippen molar-refractivity contribution in [2.45, 2.75) is 19.8 Å². The van der Waals surface area contributed by atoms with Gasteiger partial charge < -0.3 is 14.6 Å². The Hall–Kier alpha value is -2.53. The molecule has 1 aromatic carbocycles. The number of nitrogens with zero attached hydrogens (tertiary/aromatic N) is 1. The van der Waals surface area contributed by atoms with Crippen LogP contribution in [0.1, 0.15) is 19.8 Å². The normalized spacial score (nSPS) is 12.9. The molecule has 4 rings (SSSR count). The van der Waals surface area contributed by atoms with Crippen molar-refractivity contribution in [2.75, 3.05) is 30.4 Å². The van der Waals surface area contributed by atoms with Gasteiger partial charge in [0.25, 0.3) is 0 Å². The van der Waals surface area contributed by atoms with Crippen molar-refractivity contribution >= 4 is 33.2 Å². The largest absolute Gasteiger partial charge is 0.439 e. The Morgan fingerprint density at radius 1 is 1.22 bits per heavy atom. The molecule has 4 nitrogen and oxygen atoms in total. The lowest BCUT2D eigenvalue weighted by atomic mass is 10.1.